The molecule has 0 amide bonds. The Morgan fingerprint density at radius 3 is 2.76 bits per heavy atom. The molecule has 1 N–H and O–H groups in total. The Bertz CT molecular complexity index is 333. The van der Waals surface area contributed by atoms with E-state index in [4.69, 9.17) is 5.11 Å². The number of rotatable bonds is 5. The van der Waals surface area contributed by atoms with E-state index in [0.29, 0.717) is 6.04 Å². The van der Waals surface area contributed by atoms with E-state index in [2.05, 4.69) is 15.2 Å². The van der Waals surface area contributed by atoms with Gasteiger partial charge < -0.3 is 5.11 Å². The van der Waals surface area contributed by atoms with Crippen molar-refractivity contribution in [2.75, 3.05) is 13.2 Å². The van der Waals surface area contributed by atoms with Crippen molar-refractivity contribution in [1.29, 1.82) is 0 Å². The Morgan fingerprint density at radius 1 is 1.41 bits per heavy atom. The molecule has 0 atom stereocenters. The number of aliphatic hydroxyl groups excluding tert-OH is 1. The lowest BCUT2D eigenvalue weighted by molar-refractivity contribution is 0.116. The van der Waals surface area contributed by atoms with Gasteiger partial charge in [0.1, 0.15) is 0 Å². The maximum atomic E-state index is 9.17. The largest absolute Gasteiger partial charge is 0.395 e. The summed E-state index contributed by atoms with van der Waals surface area (Å²) in [5.74, 6) is 0. The van der Waals surface area contributed by atoms with Crippen LogP contribution in [0, 0.1) is 0 Å². The average Bonchev–Trinajstić information content (AvgIpc) is 2.75. The summed E-state index contributed by atoms with van der Waals surface area (Å²) in [7, 11) is 1.88. The van der Waals surface area contributed by atoms with E-state index in [1.165, 1.54) is 32.1 Å². The van der Waals surface area contributed by atoms with Gasteiger partial charge in [-0.1, -0.05) is 24.5 Å². The van der Waals surface area contributed by atoms with Crippen LogP contribution in [0.25, 0.3) is 0 Å². The first kappa shape index (κ1) is 12.5. The lowest BCUT2D eigenvalue weighted by Gasteiger charge is -2.33. The third-order valence-electron chi connectivity index (χ3n) is 3.49. The van der Waals surface area contributed by atoms with E-state index in [-0.39, 0.29) is 6.61 Å². The van der Waals surface area contributed by atoms with Gasteiger partial charge in [-0.15, -0.1) is 5.10 Å². The van der Waals surface area contributed by atoms with Crippen LogP contribution in [0.2, 0.25) is 0 Å². The fourth-order valence-electron chi connectivity index (χ4n) is 2.64. The van der Waals surface area contributed by atoms with Gasteiger partial charge in [0.05, 0.1) is 12.3 Å². The zero-order valence-corrected chi connectivity index (χ0v) is 10.5. The molecule has 5 nitrogen and oxygen atoms in total. The average molecular weight is 238 g/mol. The molecule has 0 saturated heterocycles. The van der Waals surface area contributed by atoms with Crippen molar-refractivity contribution < 1.29 is 5.11 Å². The van der Waals surface area contributed by atoms with Crippen molar-refractivity contribution in [3.63, 3.8) is 0 Å². The van der Waals surface area contributed by atoms with Gasteiger partial charge in [0.15, 0.2) is 0 Å². The molecule has 0 unspecified atom stereocenters. The molecule has 1 heterocycles. The Balaban J connectivity index is 1.95. The van der Waals surface area contributed by atoms with E-state index in [0.717, 1.165) is 18.8 Å². The fraction of sp³-hybridized carbons (Fsp3) is 0.833. The molecule has 0 aliphatic heterocycles. The van der Waals surface area contributed by atoms with Crippen molar-refractivity contribution >= 4 is 0 Å². The third kappa shape index (κ3) is 3.51. The molecule has 1 fully saturated rings. The topological polar surface area (TPSA) is 54.2 Å². The summed E-state index contributed by atoms with van der Waals surface area (Å²) in [6.45, 7) is 1.76. The summed E-state index contributed by atoms with van der Waals surface area (Å²) in [6.07, 6.45) is 8.43. The molecule has 1 aliphatic carbocycles. The lowest BCUT2D eigenvalue weighted by atomic mass is 9.94. The summed E-state index contributed by atoms with van der Waals surface area (Å²) in [4.78, 5) is 2.35. The van der Waals surface area contributed by atoms with Crippen LogP contribution < -0.4 is 0 Å². The molecule has 96 valence electrons. The molecular weight excluding hydrogens is 216 g/mol. The van der Waals surface area contributed by atoms with E-state index >= 15 is 0 Å². The maximum absolute atomic E-state index is 9.17. The SMILES string of the molecule is Cn1cc(CN(CCO)C2CCCCC2)nn1. The first-order chi connectivity index (χ1) is 8.29. The van der Waals surface area contributed by atoms with Crippen molar-refractivity contribution in [2.45, 2.75) is 44.7 Å². The van der Waals surface area contributed by atoms with E-state index < -0.39 is 0 Å². The van der Waals surface area contributed by atoms with Gasteiger partial charge >= 0.3 is 0 Å². The second kappa shape index (κ2) is 6.12. The zero-order valence-electron chi connectivity index (χ0n) is 10.5. The molecule has 0 aromatic carbocycles. The van der Waals surface area contributed by atoms with E-state index in [1.807, 2.05) is 13.2 Å². The Morgan fingerprint density at radius 2 is 2.18 bits per heavy atom. The summed E-state index contributed by atoms with van der Waals surface area (Å²) < 4.78 is 1.73. The van der Waals surface area contributed by atoms with E-state index in [1.54, 1.807) is 4.68 Å². The molecule has 1 aromatic rings. The molecule has 17 heavy (non-hydrogen) atoms. The number of hydrogen-bond donors (Lipinski definition) is 1. The Kier molecular flexibility index (Phi) is 4.50. The van der Waals surface area contributed by atoms with Crippen LogP contribution in [0.4, 0.5) is 0 Å². The predicted molar refractivity (Wildman–Crippen MR) is 65.4 cm³/mol. The summed E-state index contributed by atoms with van der Waals surface area (Å²) in [6, 6.07) is 0.609. The number of aliphatic hydroxyl groups is 1. The quantitative estimate of drug-likeness (QED) is 0.829. The number of nitrogens with zero attached hydrogens (tertiary/aromatic N) is 4. The molecule has 0 bridgehead atoms. The van der Waals surface area contributed by atoms with Crippen molar-refractivity contribution in [3.8, 4) is 0 Å². The van der Waals surface area contributed by atoms with Crippen LogP contribution in [-0.2, 0) is 13.6 Å². The van der Waals surface area contributed by atoms with Gasteiger partial charge in [0.25, 0.3) is 0 Å². The fourth-order valence-corrected chi connectivity index (χ4v) is 2.64. The first-order valence-electron chi connectivity index (χ1n) is 6.49. The van der Waals surface area contributed by atoms with Crippen molar-refractivity contribution in [3.05, 3.63) is 11.9 Å². The highest BCUT2D eigenvalue weighted by Crippen LogP contribution is 2.23. The van der Waals surface area contributed by atoms with E-state index in [9.17, 15) is 0 Å². The smallest absolute Gasteiger partial charge is 0.0967 e. The van der Waals surface area contributed by atoms with Crippen molar-refractivity contribution in [1.82, 2.24) is 19.9 Å². The van der Waals surface area contributed by atoms with Crippen molar-refractivity contribution in [2.24, 2.45) is 7.05 Å². The summed E-state index contributed by atoms with van der Waals surface area (Å²) in [5.41, 5.74) is 0.992. The molecule has 2 rings (SSSR count). The standard InChI is InChI=1S/C12H22N4O/c1-15-9-11(13-14-15)10-16(7-8-17)12-5-3-2-4-6-12/h9,12,17H,2-8,10H2,1H3. The minimum absolute atomic E-state index is 0.219. The monoisotopic (exact) mass is 238 g/mol. The molecule has 0 radical (unpaired) electrons. The van der Waals surface area contributed by atoms with Crippen LogP contribution in [0.15, 0.2) is 6.20 Å². The van der Waals surface area contributed by atoms with Gasteiger partial charge in [0, 0.05) is 32.4 Å². The number of hydrogen-bond acceptors (Lipinski definition) is 4. The van der Waals surface area contributed by atoms with Crippen LogP contribution in [0.3, 0.4) is 0 Å². The van der Waals surface area contributed by atoms with Crippen LogP contribution in [0.1, 0.15) is 37.8 Å². The highest BCUT2D eigenvalue weighted by molar-refractivity contribution is 4.93. The minimum Gasteiger partial charge on any atom is -0.395 e. The number of aromatic nitrogens is 3. The highest BCUT2D eigenvalue weighted by atomic mass is 16.3. The third-order valence-corrected chi connectivity index (χ3v) is 3.49. The van der Waals surface area contributed by atoms with Crippen LogP contribution >= 0.6 is 0 Å². The number of aryl methyl sites for hydroxylation is 1. The molecule has 1 aliphatic rings. The van der Waals surface area contributed by atoms with Gasteiger partial charge in [-0.3, -0.25) is 9.58 Å². The van der Waals surface area contributed by atoms with Gasteiger partial charge in [-0.05, 0) is 12.8 Å². The Hall–Kier alpha value is -0.940. The molecule has 0 spiro atoms. The first-order valence-corrected chi connectivity index (χ1v) is 6.49. The second-order valence-corrected chi connectivity index (χ2v) is 4.87. The minimum atomic E-state index is 0.219. The normalized spacial score (nSPS) is 17.8. The van der Waals surface area contributed by atoms with Gasteiger partial charge in [-0.25, -0.2) is 0 Å². The summed E-state index contributed by atoms with van der Waals surface area (Å²) in [5, 5.41) is 17.2. The zero-order chi connectivity index (χ0) is 12.1. The van der Waals surface area contributed by atoms with Crippen LogP contribution in [-0.4, -0.2) is 44.2 Å². The molecule has 1 saturated carbocycles. The second-order valence-electron chi connectivity index (χ2n) is 4.87. The maximum Gasteiger partial charge on any atom is 0.0967 e. The Labute approximate surface area is 102 Å². The van der Waals surface area contributed by atoms with Gasteiger partial charge in [-0.2, -0.15) is 0 Å². The predicted octanol–water partition coefficient (Wildman–Crippen LogP) is 0.942. The molecular formula is C12H22N4O. The molecule has 5 heteroatoms. The lowest BCUT2D eigenvalue weighted by Crippen LogP contribution is -2.38. The van der Waals surface area contributed by atoms with Gasteiger partial charge in [0.2, 0.25) is 0 Å². The molecule has 1 aromatic heterocycles. The van der Waals surface area contributed by atoms with Crippen LogP contribution in [0.5, 0.6) is 0 Å². The summed E-state index contributed by atoms with van der Waals surface area (Å²) >= 11 is 0. The highest BCUT2D eigenvalue weighted by Gasteiger charge is 2.21.